The van der Waals surface area contributed by atoms with Gasteiger partial charge >= 0.3 is 0 Å². The fourth-order valence-corrected chi connectivity index (χ4v) is 3.70. The minimum absolute atomic E-state index is 0.0198. The van der Waals surface area contributed by atoms with Gasteiger partial charge in [-0.05, 0) is 43.3 Å². The summed E-state index contributed by atoms with van der Waals surface area (Å²) in [5, 5.41) is 0. The monoisotopic (exact) mass is 372 g/mol. The van der Waals surface area contributed by atoms with Crippen molar-refractivity contribution in [2.24, 2.45) is 0 Å². The summed E-state index contributed by atoms with van der Waals surface area (Å²) in [6, 6.07) is 11.7. The normalized spacial score (nSPS) is 14.6. The van der Waals surface area contributed by atoms with Crippen molar-refractivity contribution in [3.05, 3.63) is 54.1 Å². The molecular formula is C18H16N2O5S. The van der Waals surface area contributed by atoms with Crippen LogP contribution in [0.3, 0.4) is 0 Å². The third-order valence-electron chi connectivity index (χ3n) is 3.98. The molecule has 1 fully saturated rings. The van der Waals surface area contributed by atoms with Crippen LogP contribution in [-0.4, -0.2) is 26.0 Å². The molecule has 1 saturated heterocycles. The number of imide groups is 1. The summed E-state index contributed by atoms with van der Waals surface area (Å²) in [7, 11) is -3.87. The van der Waals surface area contributed by atoms with E-state index in [0.29, 0.717) is 11.3 Å². The number of amides is 2. The van der Waals surface area contributed by atoms with E-state index < -0.39 is 10.0 Å². The van der Waals surface area contributed by atoms with Crippen LogP contribution in [0.2, 0.25) is 0 Å². The number of sulfonamides is 1. The first-order valence-corrected chi connectivity index (χ1v) is 9.36. The van der Waals surface area contributed by atoms with Gasteiger partial charge < -0.3 is 0 Å². The summed E-state index contributed by atoms with van der Waals surface area (Å²) in [5.74, 6) is -0.773. The Labute approximate surface area is 150 Å². The van der Waals surface area contributed by atoms with E-state index in [0.717, 1.165) is 4.90 Å². The van der Waals surface area contributed by atoms with Gasteiger partial charge in [0, 0.05) is 24.1 Å². The van der Waals surface area contributed by atoms with E-state index in [4.69, 9.17) is 0 Å². The minimum Gasteiger partial charge on any atom is -0.295 e. The molecule has 0 unspecified atom stereocenters. The van der Waals surface area contributed by atoms with Gasteiger partial charge in [-0.2, -0.15) is 0 Å². The SMILES string of the molecule is CC(=O)c1cccc(NS(=O)(=O)c2ccc(N3C(=O)CCC3=O)cc2)c1. The zero-order chi connectivity index (χ0) is 18.9. The van der Waals surface area contributed by atoms with Crippen LogP contribution >= 0.6 is 0 Å². The second-order valence-corrected chi connectivity index (χ2v) is 7.54. The molecule has 0 aliphatic carbocycles. The largest absolute Gasteiger partial charge is 0.295 e. The lowest BCUT2D eigenvalue weighted by atomic mass is 10.1. The number of nitrogens with zero attached hydrogens (tertiary/aromatic N) is 1. The maximum absolute atomic E-state index is 12.5. The van der Waals surface area contributed by atoms with Crippen LogP contribution in [0.25, 0.3) is 0 Å². The zero-order valence-electron chi connectivity index (χ0n) is 13.9. The van der Waals surface area contributed by atoms with Crippen molar-refractivity contribution < 1.29 is 22.8 Å². The standard InChI is InChI=1S/C18H16N2O5S/c1-12(21)13-3-2-4-14(11-13)19-26(24,25)16-7-5-15(6-8-16)20-17(22)9-10-18(20)23/h2-8,11,19H,9-10H2,1H3. The number of nitrogens with one attached hydrogen (secondary N) is 1. The predicted molar refractivity (Wildman–Crippen MR) is 95.4 cm³/mol. The molecule has 0 bridgehead atoms. The molecule has 134 valence electrons. The first kappa shape index (κ1) is 17.8. The lowest BCUT2D eigenvalue weighted by molar-refractivity contribution is -0.121. The highest BCUT2D eigenvalue weighted by Gasteiger charge is 2.30. The van der Waals surface area contributed by atoms with Crippen LogP contribution in [-0.2, 0) is 19.6 Å². The minimum atomic E-state index is -3.87. The Hall–Kier alpha value is -3.00. The number of rotatable bonds is 5. The Kier molecular flexibility index (Phi) is 4.60. The van der Waals surface area contributed by atoms with Crippen molar-refractivity contribution in [1.82, 2.24) is 0 Å². The van der Waals surface area contributed by atoms with Gasteiger partial charge in [0.05, 0.1) is 10.6 Å². The Bertz CT molecular complexity index is 980. The van der Waals surface area contributed by atoms with Crippen LogP contribution in [0, 0.1) is 0 Å². The molecule has 3 rings (SSSR count). The Morgan fingerprint density at radius 2 is 1.62 bits per heavy atom. The molecule has 2 aromatic rings. The summed E-state index contributed by atoms with van der Waals surface area (Å²) in [6.45, 7) is 1.40. The summed E-state index contributed by atoms with van der Waals surface area (Å²) in [4.78, 5) is 35.9. The van der Waals surface area contributed by atoms with Crippen LogP contribution < -0.4 is 9.62 Å². The fourth-order valence-electron chi connectivity index (χ4n) is 2.65. The average Bonchev–Trinajstić information content (AvgIpc) is 2.93. The highest BCUT2D eigenvalue weighted by atomic mass is 32.2. The molecule has 26 heavy (non-hydrogen) atoms. The van der Waals surface area contributed by atoms with Crippen molar-refractivity contribution in [2.75, 3.05) is 9.62 Å². The lowest BCUT2D eigenvalue weighted by Gasteiger charge is -2.14. The van der Waals surface area contributed by atoms with Gasteiger partial charge in [-0.3, -0.25) is 24.0 Å². The molecule has 1 aliphatic rings. The van der Waals surface area contributed by atoms with Gasteiger partial charge in [0.1, 0.15) is 0 Å². The summed E-state index contributed by atoms with van der Waals surface area (Å²) in [5.41, 5.74) is 1.01. The van der Waals surface area contributed by atoms with Crippen LogP contribution in [0.1, 0.15) is 30.1 Å². The maximum Gasteiger partial charge on any atom is 0.261 e. The number of benzene rings is 2. The van der Waals surface area contributed by atoms with E-state index in [2.05, 4.69) is 4.72 Å². The van der Waals surface area contributed by atoms with E-state index in [1.165, 1.54) is 37.3 Å². The van der Waals surface area contributed by atoms with Gasteiger partial charge in [-0.1, -0.05) is 12.1 Å². The number of carbonyl (C=O) groups is 3. The Balaban J connectivity index is 1.84. The number of hydrogen-bond acceptors (Lipinski definition) is 5. The molecular weight excluding hydrogens is 356 g/mol. The molecule has 1 N–H and O–H groups in total. The number of Topliss-reactive ketones (excluding diaryl/α,β-unsaturated/α-hetero) is 1. The van der Waals surface area contributed by atoms with Crippen molar-refractivity contribution >= 4 is 39.0 Å². The highest BCUT2D eigenvalue weighted by Crippen LogP contribution is 2.25. The van der Waals surface area contributed by atoms with Crippen LogP contribution in [0.15, 0.2) is 53.4 Å². The molecule has 0 atom stereocenters. The second kappa shape index (κ2) is 6.72. The molecule has 2 amide bonds. The molecule has 0 aromatic heterocycles. The number of hydrogen-bond donors (Lipinski definition) is 1. The summed E-state index contributed by atoms with van der Waals surface area (Å²) < 4.78 is 27.4. The molecule has 1 aliphatic heterocycles. The van der Waals surface area contributed by atoms with Gasteiger partial charge in [0.2, 0.25) is 11.8 Å². The van der Waals surface area contributed by atoms with Crippen molar-refractivity contribution in [2.45, 2.75) is 24.7 Å². The molecule has 8 heteroatoms. The Morgan fingerprint density at radius 3 is 2.19 bits per heavy atom. The molecule has 7 nitrogen and oxygen atoms in total. The second-order valence-electron chi connectivity index (χ2n) is 5.86. The third-order valence-corrected chi connectivity index (χ3v) is 5.38. The van der Waals surface area contributed by atoms with E-state index in [-0.39, 0.29) is 41.0 Å². The highest BCUT2D eigenvalue weighted by molar-refractivity contribution is 7.92. The van der Waals surface area contributed by atoms with E-state index in [9.17, 15) is 22.8 Å². The number of anilines is 2. The molecule has 0 radical (unpaired) electrons. The van der Waals surface area contributed by atoms with E-state index in [1.54, 1.807) is 18.2 Å². The van der Waals surface area contributed by atoms with Crippen molar-refractivity contribution in [3.8, 4) is 0 Å². The Morgan fingerprint density at radius 1 is 1.00 bits per heavy atom. The fraction of sp³-hybridized carbons (Fsp3) is 0.167. The lowest BCUT2D eigenvalue weighted by Crippen LogP contribution is -2.28. The van der Waals surface area contributed by atoms with Gasteiger partial charge in [-0.25, -0.2) is 8.42 Å². The smallest absolute Gasteiger partial charge is 0.261 e. The van der Waals surface area contributed by atoms with Crippen molar-refractivity contribution in [3.63, 3.8) is 0 Å². The molecule has 2 aromatic carbocycles. The third kappa shape index (κ3) is 3.50. The summed E-state index contributed by atoms with van der Waals surface area (Å²) in [6.07, 6.45) is 0.319. The van der Waals surface area contributed by atoms with Crippen LogP contribution in [0.4, 0.5) is 11.4 Å². The van der Waals surface area contributed by atoms with Crippen LogP contribution in [0.5, 0.6) is 0 Å². The number of carbonyl (C=O) groups excluding carboxylic acids is 3. The maximum atomic E-state index is 12.5. The first-order valence-electron chi connectivity index (χ1n) is 7.87. The van der Waals surface area contributed by atoms with E-state index in [1.807, 2.05) is 0 Å². The molecule has 0 spiro atoms. The predicted octanol–water partition coefficient (Wildman–Crippen LogP) is 2.34. The zero-order valence-corrected chi connectivity index (χ0v) is 14.7. The van der Waals surface area contributed by atoms with E-state index >= 15 is 0 Å². The van der Waals surface area contributed by atoms with Gasteiger partial charge in [0.25, 0.3) is 10.0 Å². The van der Waals surface area contributed by atoms with Gasteiger partial charge in [0.15, 0.2) is 5.78 Å². The van der Waals surface area contributed by atoms with Gasteiger partial charge in [-0.15, -0.1) is 0 Å². The molecule has 0 saturated carbocycles. The first-order chi connectivity index (χ1) is 12.3. The van der Waals surface area contributed by atoms with Crippen molar-refractivity contribution in [1.29, 1.82) is 0 Å². The molecule has 1 heterocycles. The topological polar surface area (TPSA) is 101 Å². The summed E-state index contributed by atoms with van der Waals surface area (Å²) >= 11 is 0. The number of ketones is 1. The quantitative estimate of drug-likeness (QED) is 0.641. The average molecular weight is 372 g/mol.